The van der Waals surface area contributed by atoms with E-state index in [4.69, 9.17) is 17.3 Å². The number of aromatic amines is 1. The lowest BCUT2D eigenvalue weighted by molar-refractivity contribution is -0.383. The summed E-state index contributed by atoms with van der Waals surface area (Å²) in [6.45, 7) is 0. The van der Waals surface area contributed by atoms with Crippen molar-refractivity contribution >= 4 is 34.0 Å². The molecule has 7 heteroatoms. The molecule has 3 aromatic rings. The van der Waals surface area contributed by atoms with Gasteiger partial charge in [0.25, 0.3) is 5.69 Å². The number of benzene rings is 2. The number of nitrogens with two attached hydrogens (primary N) is 1. The number of halogens is 1. The number of imidazole rings is 1. The summed E-state index contributed by atoms with van der Waals surface area (Å²) in [7, 11) is 0. The Morgan fingerprint density at radius 2 is 2.05 bits per heavy atom. The molecule has 0 spiro atoms. The van der Waals surface area contributed by atoms with Crippen LogP contribution in [0.1, 0.15) is 0 Å². The fourth-order valence-corrected chi connectivity index (χ4v) is 2.14. The average Bonchev–Trinajstić information content (AvgIpc) is 2.81. The molecular formula is C13H9ClN4O2. The first-order valence-electron chi connectivity index (χ1n) is 5.74. The summed E-state index contributed by atoms with van der Waals surface area (Å²) in [5.41, 5.74) is 7.66. The maximum Gasteiger partial charge on any atom is 0.292 e. The summed E-state index contributed by atoms with van der Waals surface area (Å²) in [6, 6.07) is 9.84. The van der Waals surface area contributed by atoms with E-state index in [1.165, 1.54) is 12.1 Å². The van der Waals surface area contributed by atoms with Gasteiger partial charge in [0.15, 0.2) is 0 Å². The van der Waals surface area contributed by atoms with Crippen molar-refractivity contribution < 1.29 is 4.92 Å². The second-order valence-electron chi connectivity index (χ2n) is 4.28. The van der Waals surface area contributed by atoms with Crippen LogP contribution in [-0.2, 0) is 0 Å². The highest BCUT2D eigenvalue weighted by atomic mass is 35.5. The van der Waals surface area contributed by atoms with Gasteiger partial charge in [-0.2, -0.15) is 0 Å². The Balaban J connectivity index is 2.15. The molecule has 0 aliphatic rings. The van der Waals surface area contributed by atoms with Crippen LogP contribution in [-0.4, -0.2) is 14.9 Å². The van der Waals surface area contributed by atoms with Crippen LogP contribution in [0.2, 0.25) is 5.02 Å². The summed E-state index contributed by atoms with van der Waals surface area (Å²) in [6.07, 6.45) is 0. The molecule has 6 nitrogen and oxygen atoms in total. The molecule has 0 radical (unpaired) electrons. The number of nitro benzene ring substituents is 1. The fourth-order valence-electron chi connectivity index (χ4n) is 1.97. The molecule has 0 saturated heterocycles. The largest absolute Gasteiger partial charge is 0.393 e. The lowest BCUT2D eigenvalue weighted by atomic mass is 10.1. The molecule has 3 N–H and O–H groups in total. The van der Waals surface area contributed by atoms with Crippen LogP contribution in [0.25, 0.3) is 22.4 Å². The number of nitrogens with zero attached hydrogens (tertiary/aromatic N) is 2. The van der Waals surface area contributed by atoms with Crippen molar-refractivity contribution in [3.63, 3.8) is 0 Å². The Labute approximate surface area is 118 Å². The first kappa shape index (κ1) is 12.4. The zero-order valence-corrected chi connectivity index (χ0v) is 10.9. The minimum absolute atomic E-state index is 0.123. The Bertz CT molecular complexity index is 828. The lowest BCUT2D eigenvalue weighted by Gasteiger charge is -1.99. The van der Waals surface area contributed by atoms with Crippen molar-refractivity contribution in [1.29, 1.82) is 0 Å². The molecule has 0 unspecified atom stereocenters. The minimum Gasteiger partial charge on any atom is -0.393 e. The summed E-state index contributed by atoms with van der Waals surface area (Å²) in [5.74, 6) is 0.533. The number of hydrogen-bond donors (Lipinski definition) is 2. The monoisotopic (exact) mass is 288 g/mol. The van der Waals surface area contributed by atoms with Crippen LogP contribution >= 0.6 is 11.6 Å². The highest BCUT2D eigenvalue weighted by Crippen LogP contribution is 2.29. The van der Waals surface area contributed by atoms with Gasteiger partial charge in [0.05, 0.1) is 16.0 Å². The van der Waals surface area contributed by atoms with Crippen LogP contribution in [0.4, 0.5) is 11.4 Å². The maximum absolute atomic E-state index is 10.9. The van der Waals surface area contributed by atoms with Gasteiger partial charge in [-0.1, -0.05) is 11.6 Å². The van der Waals surface area contributed by atoms with Gasteiger partial charge in [-0.3, -0.25) is 10.1 Å². The zero-order valence-electron chi connectivity index (χ0n) is 10.1. The molecule has 0 atom stereocenters. The number of nitro groups is 1. The van der Waals surface area contributed by atoms with E-state index in [-0.39, 0.29) is 11.4 Å². The quantitative estimate of drug-likeness (QED) is 0.429. The van der Waals surface area contributed by atoms with Crippen molar-refractivity contribution in [2.45, 2.75) is 0 Å². The Morgan fingerprint density at radius 1 is 1.25 bits per heavy atom. The van der Waals surface area contributed by atoms with Crippen LogP contribution in [0, 0.1) is 10.1 Å². The van der Waals surface area contributed by atoms with Gasteiger partial charge in [0, 0.05) is 16.7 Å². The highest BCUT2D eigenvalue weighted by Gasteiger charge is 2.14. The second kappa shape index (κ2) is 4.50. The number of H-pyrrole nitrogens is 1. The predicted molar refractivity (Wildman–Crippen MR) is 77.6 cm³/mol. The van der Waals surface area contributed by atoms with E-state index in [0.29, 0.717) is 16.4 Å². The SMILES string of the molecule is Nc1ccc(-c2nc3ccc(Cl)cc3[nH]2)cc1[N+](=O)[O-]. The van der Waals surface area contributed by atoms with E-state index in [1.807, 2.05) is 0 Å². The number of anilines is 1. The first-order valence-corrected chi connectivity index (χ1v) is 6.12. The van der Waals surface area contributed by atoms with Crippen LogP contribution in [0.3, 0.4) is 0 Å². The molecule has 3 rings (SSSR count). The van der Waals surface area contributed by atoms with Crippen LogP contribution in [0.5, 0.6) is 0 Å². The molecule has 0 fully saturated rings. The Kier molecular flexibility index (Phi) is 2.80. The normalized spacial score (nSPS) is 10.8. The van der Waals surface area contributed by atoms with Crippen LogP contribution < -0.4 is 5.73 Å². The number of aromatic nitrogens is 2. The number of rotatable bonds is 2. The minimum atomic E-state index is -0.516. The molecule has 1 heterocycles. The third kappa shape index (κ3) is 2.06. The van der Waals surface area contributed by atoms with Crippen LogP contribution in [0.15, 0.2) is 36.4 Å². The van der Waals surface area contributed by atoms with E-state index in [2.05, 4.69) is 9.97 Å². The predicted octanol–water partition coefficient (Wildman–Crippen LogP) is 3.37. The van der Waals surface area contributed by atoms with Gasteiger partial charge in [-0.25, -0.2) is 4.98 Å². The van der Waals surface area contributed by atoms with Gasteiger partial charge in [0.2, 0.25) is 0 Å². The van der Waals surface area contributed by atoms with Crippen molar-refractivity contribution in [2.24, 2.45) is 0 Å². The smallest absolute Gasteiger partial charge is 0.292 e. The number of fused-ring (bicyclic) bond motifs is 1. The number of nitrogen functional groups attached to an aromatic ring is 1. The van der Waals surface area contributed by atoms with Gasteiger partial charge >= 0.3 is 0 Å². The fraction of sp³-hybridized carbons (Fsp3) is 0. The lowest BCUT2D eigenvalue weighted by Crippen LogP contribution is -1.96. The molecule has 0 saturated carbocycles. The number of hydrogen-bond acceptors (Lipinski definition) is 4. The third-order valence-corrected chi connectivity index (χ3v) is 3.18. The van der Waals surface area contributed by atoms with Gasteiger partial charge in [0.1, 0.15) is 11.5 Å². The molecular weight excluding hydrogens is 280 g/mol. The Hall–Kier alpha value is -2.60. The van der Waals surface area contributed by atoms with Gasteiger partial charge < -0.3 is 10.7 Å². The molecule has 20 heavy (non-hydrogen) atoms. The molecule has 0 aliphatic heterocycles. The molecule has 2 aromatic carbocycles. The van der Waals surface area contributed by atoms with E-state index < -0.39 is 4.92 Å². The average molecular weight is 289 g/mol. The summed E-state index contributed by atoms with van der Waals surface area (Å²) in [5, 5.41) is 11.5. The maximum atomic E-state index is 10.9. The van der Waals surface area contributed by atoms with Crippen molar-refractivity contribution in [3.05, 3.63) is 51.5 Å². The second-order valence-corrected chi connectivity index (χ2v) is 4.71. The first-order chi connectivity index (χ1) is 9.54. The van der Waals surface area contributed by atoms with E-state index >= 15 is 0 Å². The van der Waals surface area contributed by atoms with Crippen molar-refractivity contribution in [1.82, 2.24) is 9.97 Å². The standard InChI is InChI=1S/C13H9ClN4O2/c14-8-2-4-10-11(6-8)17-13(16-10)7-1-3-9(15)12(5-7)18(19)20/h1-6H,15H2,(H,16,17). The third-order valence-electron chi connectivity index (χ3n) is 2.94. The van der Waals surface area contributed by atoms with Gasteiger partial charge in [-0.05, 0) is 30.3 Å². The highest BCUT2D eigenvalue weighted by molar-refractivity contribution is 6.31. The van der Waals surface area contributed by atoms with E-state index in [9.17, 15) is 10.1 Å². The molecule has 1 aromatic heterocycles. The van der Waals surface area contributed by atoms with E-state index in [1.54, 1.807) is 24.3 Å². The summed E-state index contributed by atoms with van der Waals surface area (Å²) >= 11 is 5.91. The van der Waals surface area contributed by atoms with Crippen molar-refractivity contribution in [2.75, 3.05) is 5.73 Å². The molecule has 0 amide bonds. The van der Waals surface area contributed by atoms with E-state index in [0.717, 1.165) is 11.0 Å². The summed E-state index contributed by atoms with van der Waals surface area (Å²) < 4.78 is 0. The molecule has 100 valence electrons. The molecule has 0 aliphatic carbocycles. The van der Waals surface area contributed by atoms with Gasteiger partial charge in [-0.15, -0.1) is 0 Å². The topological polar surface area (TPSA) is 97.8 Å². The van der Waals surface area contributed by atoms with Crippen molar-refractivity contribution in [3.8, 4) is 11.4 Å². The zero-order chi connectivity index (χ0) is 14.3. The molecule has 0 bridgehead atoms. The Morgan fingerprint density at radius 3 is 2.80 bits per heavy atom. The number of nitrogens with one attached hydrogen (secondary N) is 1. The summed E-state index contributed by atoms with van der Waals surface area (Å²) in [4.78, 5) is 17.8.